The SMILES string of the molecule is Cc1ccc2c(c1)C(N)c1cc(Cl)ccc1-2. The first-order valence-corrected chi connectivity index (χ1v) is 5.70. The molecule has 0 saturated heterocycles. The standard InChI is InChI=1S/C14H12ClN/c1-8-2-4-10-11-5-3-9(15)7-13(11)14(16)12(10)6-8/h2-7,14H,16H2,1H3. The molecule has 1 unspecified atom stereocenters. The van der Waals surface area contributed by atoms with E-state index >= 15 is 0 Å². The number of halogens is 1. The average molecular weight is 230 g/mol. The van der Waals surface area contributed by atoms with Crippen LogP contribution in [0, 0.1) is 6.92 Å². The lowest BCUT2D eigenvalue weighted by atomic mass is 10.0. The van der Waals surface area contributed by atoms with Crippen molar-refractivity contribution in [2.24, 2.45) is 5.73 Å². The second-order valence-corrected chi connectivity index (χ2v) is 4.74. The van der Waals surface area contributed by atoms with Crippen LogP contribution in [-0.2, 0) is 0 Å². The second kappa shape index (κ2) is 3.34. The highest BCUT2D eigenvalue weighted by Crippen LogP contribution is 2.43. The van der Waals surface area contributed by atoms with Crippen molar-refractivity contribution in [3.8, 4) is 11.1 Å². The Balaban J connectivity index is 2.30. The highest BCUT2D eigenvalue weighted by atomic mass is 35.5. The maximum absolute atomic E-state index is 6.24. The van der Waals surface area contributed by atoms with Crippen LogP contribution in [0.25, 0.3) is 11.1 Å². The summed E-state index contributed by atoms with van der Waals surface area (Å²) in [5, 5.41) is 0.749. The maximum atomic E-state index is 6.24. The maximum Gasteiger partial charge on any atom is 0.0564 e. The van der Waals surface area contributed by atoms with Gasteiger partial charge >= 0.3 is 0 Å². The van der Waals surface area contributed by atoms with E-state index in [1.54, 1.807) is 0 Å². The number of benzene rings is 2. The van der Waals surface area contributed by atoms with Crippen LogP contribution in [0.1, 0.15) is 22.7 Å². The van der Waals surface area contributed by atoms with Crippen LogP contribution in [0.3, 0.4) is 0 Å². The lowest BCUT2D eigenvalue weighted by molar-refractivity contribution is 0.899. The molecule has 2 aromatic rings. The third-order valence-corrected chi connectivity index (χ3v) is 3.42. The van der Waals surface area contributed by atoms with Crippen molar-refractivity contribution in [1.82, 2.24) is 0 Å². The first kappa shape index (κ1) is 9.88. The van der Waals surface area contributed by atoms with Crippen molar-refractivity contribution in [3.05, 3.63) is 58.1 Å². The number of hydrogen-bond donors (Lipinski definition) is 1. The summed E-state index contributed by atoms with van der Waals surface area (Å²) in [6.45, 7) is 2.09. The normalized spacial score (nSPS) is 17.1. The largest absolute Gasteiger partial charge is 0.320 e. The number of fused-ring (bicyclic) bond motifs is 3. The molecule has 2 heteroatoms. The highest BCUT2D eigenvalue weighted by Gasteiger charge is 2.25. The van der Waals surface area contributed by atoms with E-state index < -0.39 is 0 Å². The molecule has 0 heterocycles. The zero-order chi connectivity index (χ0) is 11.3. The highest BCUT2D eigenvalue weighted by molar-refractivity contribution is 6.30. The lowest BCUT2D eigenvalue weighted by Crippen LogP contribution is -2.08. The van der Waals surface area contributed by atoms with Gasteiger partial charge in [0.05, 0.1) is 6.04 Å². The fourth-order valence-electron chi connectivity index (χ4n) is 2.39. The summed E-state index contributed by atoms with van der Waals surface area (Å²) in [4.78, 5) is 0. The average Bonchev–Trinajstić information content (AvgIpc) is 2.53. The minimum atomic E-state index is -0.0383. The van der Waals surface area contributed by atoms with Crippen molar-refractivity contribution in [1.29, 1.82) is 0 Å². The molecule has 2 aromatic carbocycles. The molecule has 1 atom stereocenters. The van der Waals surface area contributed by atoms with Gasteiger partial charge in [0.15, 0.2) is 0 Å². The topological polar surface area (TPSA) is 26.0 Å². The van der Waals surface area contributed by atoms with Crippen molar-refractivity contribution >= 4 is 11.6 Å². The van der Waals surface area contributed by atoms with Gasteiger partial charge in [-0.25, -0.2) is 0 Å². The molecule has 0 spiro atoms. The van der Waals surface area contributed by atoms with Crippen LogP contribution in [0.5, 0.6) is 0 Å². The van der Waals surface area contributed by atoms with Crippen molar-refractivity contribution in [2.45, 2.75) is 13.0 Å². The molecule has 0 fully saturated rings. The van der Waals surface area contributed by atoms with Gasteiger partial charge in [-0.05, 0) is 41.3 Å². The number of aryl methyl sites for hydroxylation is 1. The molecule has 2 N–H and O–H groups in total. The van der Waals surface area contributed by atoms with Crippen LogP contribution in [0.15, 0.2) is 36.4 Å². The molecule has 3 rings (SSSR count). The van der Waals surface area contributed by atoms with Gasteiger partial charge < -0.3 is 5.73 Å². The molecule has 1 aliphatic carbocycles. The van der Waals surface area contributed by atoms with Gasteiger partial charge in [-0.3, -0.25) is 0 Å². The van der Waals surface area contributed by atoms with E-state index in [9.17, 15) is 0 Å². The fraction of sp³-hybridized carbons (Fsp3) is 0.143. The van der Waals surface area contributed by atoms with E-state index in [1.165, 1.54) is 22.3 Å². The summed E-state index contributed by atoms with van der Waals surface area (Å²) in [5.41, 5.74) is 12.3. The van der Waals surface area contributed by atoms with Gasteiger partial charge in [0, 0.05) is 5.02 Å². The molecular weight excluding hydrogens is 218 g/mol. The Morgan fingerprint density at radius 3 is 2.38 bits per heavy atom. The predicted octanol–water partition coefficient (Wildman–Crippen LogP) is 3.68. The third-order valence-electron chi connectivity index (χ3n) is 3.18. The van der Waals surface area contributed by atoms with Crippen LogP contribution in [0.4, 0.5) is 0 Å². The number of rotatable bonds is 0. The van der Waals surface area contributed by atoms with E-state index in [0.29, 0.717) is 0 Å². The fourth-order valence-corrected chi connectivity index (χ4v) is 2.57. The second-order valence-electron chi connectivity index (χ2n) is 4.30. The van der Waals surface area contributed by atoms with Crippen LogP contribution < -0.4 is 5.73 Å². The van der Waals surface area contributed by atoms with Crippen molar-refractivity contribution in [3.63, 3.8) is 0 Å². The van der Waals surface area contributed by atoms with Gasteiger partial charge in [-0.2, -0.15) is 0 Å². The Hall–Kier alpha value is -1.31. The summed E-state index contributed by atoms with van der Waals surface area (Å²) in [6.07, 6.45) is 0. The Morgan fingerprint density at radius 2 is 1.62 bits per heavy atom. The van der Waals surface area contributed by atoms with Gasteiger partial charge in [0.1, 0.15) is 0 Å². The molecule has 80 valence electrons. The summed E-state index contributed by atoms with van der Waals surface area (Å²) >= 11 is 6.01. The minimum absolute atomic E-state index is 0.0383. The Morgan fingerprint density at radius 1 is 1.00 bits per heavy atom. The van der Waals surface area contributed by atoms with Gasteiger partial charge in [0.25, 0.3) is 0 Å². The van der Waals surface area contributed by atoms with Crippen LogP contribution >= 0.6 is 11.6 Å². The molecule has 0 saturated carbocycles. The van der Waals surface area contributed by atoms with Crippen LogP contribution in [0.2, 0.25) is 5.02 Å². The molecular formula is C14H12ClN. The summed E-state index contributed by atoms with van der Waals surface area (Å²) in [6, 6.07) is 12.3. The third kappa shape index (κ3) is 1.29. The molecule has 0 radical (unpaired) electrons. The first-order valence-electron chi connectivity index (χ1n) is 5.33. The zero-order valence-corrected chi connectivity index (χ0v) is 9.75. The van der Waals surface area contributed by atoms with E-state index in [2.05, 4.69) is 31.2 Å². The summed E-state index contributed by atoms with van der Waals surface area (Å²) < 4.78 is 0. The Bertz CT molecular complexity index is 523. The monoisotopic (exact) mass is 229 g/mol. The Labute approximate surface area is 99.9 Å². The zero-order valence-electron chi connectivity index (χ0n) is 9.00. The molecule has 0 aromatic heterocycles. The lowest BCUT2D eigenvalue weighted by Gasteiger charge is -2.06. The molecule has 0 bridgehead atoms. The van der Waals surface area contributed by atoms with E-state index in [0.717, 1.165) is 10.6 Å². The van der Waals surface area contributed by atoms with E-state index in [4.69, 9.17) is 17.3 Å². The predicted molar refractivity (Wildman–Crippen MR) is 67.7 cm³/mol. The molecule has 1 aliphatic rings. The van der Waals surface area contributed by atoms with Crippen molar-refractivity contribution in [2.75, 3.05) is 0 Å². The molecule has 0 aliphatic heterocycles. The minimum Gasteiger partial charge on any atom is -0.320 e. The first-order chi connectivity index (χ1) is 7.66. The molecule has 0 amide bonds. The Kier molecular flexibility index (Phi) is 2.06. The summed E-state index contributed by atoms with van der Waals surface area (Å²) in [7, 11) is 0. The number of nitrogens with two attached hydrogens (primary N) is 1. The molecule has 16 heavy (non-hydrogen) atoms. The van der Waals surface area contributed by atoms with Crippen molar-refractivity contribution < 1.29 is 0 Å². The number of hydrogen-bond acceptors (Lipinski definition) is 1. The van der Waals surface area contributed by atoms with Gasteiger partial charge in [0.2, 0.25) is 0 Å². The van der Waals surface area contributed by atoms with E-state index in [1.807, 2.05) is 12.1 Å². The summed E-state index contributed by atoms with van der Waals surface area (Å²) in [5.74, 6) is 0. The van der Waals surface area contributed by atoms with Gasteiger partial charge in [-0.1, -0.05) is 41.4 Å². The quantitative estimate of drug-likeness (QED) is 0.733. The van der Waals surface area contributed by atoms with E-state index in [-0.39, 0.29) is 6.04 Å². The van der Waals surface area contributed by atoms with Crippen LogP contribution in [-0.4, -0.2) is 0 Å². The smallest absolute Gasteiger partial charge is 0.0564 e. The van der Waals surface area contributed by atoms with Gasteiger partial charge in [-0.15, -0.1) is 0 Å². The molecule has 1 nitrogen and oxygen atoms in total.